The molecule has 11 nitrogen and oxygen atoms in total. The molecular weight excluding hydrogens is 834 g/mol. The van der Waals surface area contributed by atoms with Crippen LogP contribution in [-0.4, -0.2) is 42.2 Å². The number of ether oxygens (including phenoxy) is 4. The first-order valence-corrected chi connectivity index (χ1v) is 20.9. The quantitative estimate of drug-likeness (QED) is 0.0338. The Balaban J connectivity index is 1.19. The van der Waals surface area contributed by atoms with Gasteiger partial charge in [0.2, 0.25) is 5.90 Å². The summed E-state index contributed by atoms with van der Waals surface area (Å²) in [7, 11) is 0. The number of nitrogens with one attached hydrogen (secondary N) is 1. The minimum atomic E-state index is -1.47. The van der Waals surface area contributed by atoms with Gasteiger partial charge in [-0.1, -0.05) is 124 Å². The van der Waals surface area contributed by atoms with Crippen molar-refractivity contribution < 1.29 is 28.8 Å². The van der Waals surface area contributed by atoms with E-state index >= 15 is 4.79 Å². The molecule has 61 heavy (non-hydrogen) atoms. The number of carbonyl (C=O) groups excluding carboxylic acids is 1. The van der Waals surface area contributed by atoms with Crippen molar-refractivity contribution in [1.29, 1.82) is 0 Å². The molecular formula is C49H46BrN5O6. The van der Waals surface area contributed by atoms with Crippen LogP contribution >= 0.6 is 15.9 Å². The van der Waals surface area contributed by atoms with Crippen molar-refractivity contribution in [1.82, 2.24) is 5.32 Å². The molecule has 0 unspecified atom stereocenters. The number of hydrogen-bond donors (Lipinski definition) is 2. The second kappa shape index (κ2) is 21.1. The number of aliphatic imine (C=N–C) groups is 1. The van der Waals surface area contributed by atoms with Gasteiger partial charge in [-0.2, -0.15) is 0 Å². The number of nitrogens with zero attached hydrogens (tertiary/aromatic N) is 4. The zero-order chi connectivity index (χ0) is 42.3. The number of aliphatic hydroxyl groups is 1. The van der Waals surface area contributed by atoms with E-state index in [9.17, 15) is 10.6 Å². The molecule has 1 amide bonds. The Morgan fingerprint density at radius 2 is 1.44 bits per heavy atom. The maximum Gasteiger partial charge on any atom is 0.252 e. The first-order valence-electron chi connectivity index (χ1n) is 20.1. The lowest BCUT2D eigenvalue weighted by Crippen LogP contribution is -2.50. The van der Waals surface area contributed by atoms with Crippen LogP contribution in [0.1, 0.15) is 51.5 Å². The zero-order valence-electron chi connectivity index (χ0n) is 33.5. The Bertz CT molecular complexity index is 2450. The van der Waals surface area contributed by atoms with Gasteiger partial charge in [-0.15, -0.1) is 0 Å². The molecule has 0 saturated carbocycles. The number of carbonyl (C=O) groups is 1. The molecule has 0 fully saturated rings. The minimum Gasteiger partial charge on any atom is -0.494 e. The fourth-order valence-corrected chi connectivity index (χ4v) is 7.35. The number of azide groups is 1. The summed E-state index contributed by atoms with van der Waals surface area (Å²) in [6.07, 6.45) is 0.354. The summed E-state index contributed by atoms with van der Waals surface area (Å²) in [5.41, 5.74) is 13.8. The van der Waals surface area contributed by atoms with Crippen LogP contribution in [0.25, 0.3) is 10.4 Å². The second-order valence-corrected chi connectivity index (χ2v) is 15.4. The normalized spacial score (nSPS) is 15.5. The Morgan fingerprint density at radius 3 is 2.11 bits per heavy atom. The number of aliphatic hydroxyl groups excluding tert-OH is 1. The summed E-state index contributed by atoms with van der Waals surface area (Å²) in [5, 5.41) is 16.3. The lowest BCUT2D eigenvalue weighted by Gasteiger charge is -2.31. The monoisotopic (exact) mass is 879 g/mol. The largest absolute Gasteiger partial charge is 0.494 e. The summed E-state index contributed by atoms with van der Waals surface area (Å²) >= 11 is 3.55. The Kier molecular flexibility index (Phi) is 14.7. The van der Waals surface area contributed by atoms with E-state index in [4.69, 9.17) is 23.9 Å². The third-order valence-electron chi connectivity index (χ3n) is 10.3. The maximum absolute atomic E-state index is 15.0. The molecule has 0 aromatic heterocycles. The van der Waals surface area contributed by atoms with Gasteiger partial charge in [0.15, 0.2) is 23.1 Å². The van der Waals surface area contributed by atoms with E-state index in [0.29, 0.717) is 67.9 Å². The van der Waals surface area contributed by atoms with Crippen LogP contribution in [0.2, 0.25) is 0 Å². The molecule has 310 valence electrons. The first kappa shape index (κ1) is 42.5. The fraction of sp³-hybridized carbons (Fsp3) is 0.224. The van der Waals surface area contributed by atoms with E-state index in [1.807, 2.05) is 152 Å². The molecule has 0 spiro atoms. The van der Waals surface area contributed by atoms with Gasteiger partial charge in [-0.3, -0.25) is 4.79 Å². The highest BCUT2D eigenvalue weighted by molar-refractivity contribution is 9.10. The predicted molar refractivity (Wildman–Crippen MR) is 239 cm³/mol. The van der Waals surface area contributed by atoms with Gasteiger partial charge < -0.3 is 29.4 Å². The Morgan fingerprint density at radius 1 is 0.787 bits per heavy atom. The van der Waals surface area contributed by atoms with Crippen LogP contribution < -0.4 is 19.5 Å². The second-order valence-electron chi connectivity index (χ2n) is 14.5. The highest BCUT2D eigenvalue weighted by Gasteiger charge is 2.53. The van der Waals surface area contributed by atoms with Crippen molar-refractivity contribution in [3.63, 3.8) is 0 Å². The molecule has 0 radical (unpaired) electrons. The Hall–Kier alpha value is -6.59. The number of amides is 1. The number of rotatable bonds is 20. The zero-order valence-corrected chi connectivity index (χ0v) is 35.1. The van der Waals surface area contributed by atoms with Gasteiger partial charge in [0.05, 0.1) is 13.2 Å². The molecule has 0 aliphatic carbocycles. The predicted octanol–water partition coefficient (Wildman–Crippen LogP) is 10.0. The molecule has 2 N–H and O–H groups in total. The number of halogens is 1. The third kappa shape index (κ3) is 11.2. The van der Waals surface area contributed by atoms with Crippen molar-refractivity contribution in [3.05, 3.63) is 206 Å². The van der Waals surface area contributed by atoms with Crippen molar-refractivity contribution in [3.8, 4) is 17.2 Å². The summed E-state index contributed by atoms with van der Waals surface area (Å²) in [6, 6.07) is 48.4. The summed E-state index contributed by atoms with van der Waals surface area (Å²) in [4.78, 5) is 23.2. The average molecular weight is 881 g/mol. The fourth-order valence-electron chi connectivity index (χ4n) is 7.09. The summed E-state index contributed by atoms with van der Waals surface area (Å²) in [5.74, 6) is 1.86. The maximum atomic E-state index is 15.0. The van der Waals surface area contributed by atoms with Crippen molar-refractivity contribution in [2.24, 2.45) is 10.1 Å². The van der Waals surface area contributed by atoms with E-state index in [2.05, 4.69) is 31.3 Å². The molecule has 1 aliphatic rings. The van der Waals surface area contributed by atoms with E-state index in [1.165, 1.54) is 0 Å². The smallest absolute Gasteiger partial charge is 0.252 e. The van der Waals surface area contributed by atoms with Gasteiger partial charge in [0.25, 0.3) is 5.91 Å². The molecule has 1 heterocycles. The van der Waals surface area contributed by atoms with E-state index < -0.39 is 11.6 Å². The van der Waals surface area contributed by atoms with E-state index in [-0.39, 0.29) is 25.5 Å². The standard InChI is InChI=1S/C49H46BrN5O6/c50-42-21-17-38(18-22-42)46-49(31-40-14-7-8-15-41(40)32-53-55-51,54-47(61-46)39-19-23-43(24-20-39)58-29-9-28-56)48(57)52-27-26-35-16-25-44(59-33-36-10-3-1-4-11-36)45(30-35)60-34-37-12-5-2-6-13-37/h1-8,10-25,30,46,56H,9,26-29,31-34H2,(H,52,57)/t46-,49-/m1/s1. The van der Waals surface area contributed by atoms with Crippen LogP contribution in [0.4, 0.5) is 0 Å². The lowest BCUT2D eigenvalue weighted by atomic mass is 9.81. The van der Waals surface area contributed by atoms with Gasteiger partial charge in [0.1, 0.15) is 19.0 Å². The topological polar surface area (TPSA) is 147 Å². The van der Waals surface area contributed by atoms with Crippen molar-refractivity contribution in [2.45, 2.75) is 50.7 Å². The van der Waals surface area contributed by atoms with Crippen LogP contribution in [0.3, 0.4) is 0 Å². The van der Waals surface area contributed by atoms with Crippen molar-refractivity contribution in [2.75, 3.05) is 19.8 Å². The van der Waals surface area contributed by atoms with Gasteiger partial charge in [0, 0.05) is 40.9 Å². The lowest BCUT2D eigenvalue weighted by molar-refractivity contribution is -0.128. The molecule has 6 aromatic carbocycles. The van der Waals surface area contributed by atoms with E-state index in [0.717, 1.165) is 37.9 Å². The van der Waals surface area contributed by atoms with Gasteiger partial charge >= 0.3 is 0 Å². The molecule has 0 bridgehead atoms. The number of hydrogen-bond acceptors (Lipinski definition) is 8. The third-order valence-corrected chi connectivity index (χ3v) is 10.8. The molecule has 6 aromatic rings. The average Bonchev–Trinajstić information content (AvgIpc) is 3.69. The van der Waals surface area contributed by atoms with Crippen LogP contribution in [-0.2, 0) is 42.1 Å². The Labute approximate surface area is 363 Å². The summed E-state index contributed by atoms with van der Waals surface area (Å²) in [6.45, 7) is 1.58. The van der Waals surface area contributed by atoms with Crippen molar-refractivity contribution >= 4 is 27.7 Å². The molecule has 2 atom stereocenters. The highest BCUT2D eigenvalue weighted by Crippen LogP contribution is 2.43. The van der Waals surface area contributed by atoms with Crippen LogP contribution in [0.5, 0.6) is 17.2 Å². The summed E-state index contributed by atoms with van der Waals surface area (Å²) < 4.78 is 26.0. The molecule has 7 rings (SSSR count). The highest BCUT2D eigenvalue weighted by atomic mass is 79.9. The SMILES string of the molecule is [N-]=[N+]=NCc1ccccc1C[C@@]1(C(=O)NCCc2ccc(OCc3ccccc3)c(OCc3ccccc3)c2)N=C(c2ccc(OCCCO)cc2)O[C@@H]1c1ccc(Br)cc1. The molecule has 0 saturated heterocycles. The van der Waals surface area contributed by atoms with Crippen LogP contribution in [0.15, 0.2) is 166 Å². The van der Waals surface area contributed by atoms with Crippen LogP contribution in [0, 0.1) is 0 Å². The van der Waals surface area contributed by atoms with E-state index in [1.54, 1.807) is 0 Å². The molecule has 1 aliphatic heterocycles. The minimum absolute atomic E-state index is 0.0386. The number of benzene rings is 6. The van der Waals surface area contributed by atoms with Gasteiger partial charge in [-0.05, 0) is 93.9 Å². The first-order chi connectivity index (χ1) is 29.9. The van der Waals surface area contributed by atoms with Gasteiger partial charge in [-0.25, -0.2) is 4.99 Å². The molecule has 12 heteroatoms.